The average molecular weight is 308 g/mol. The molecule has 0 saturated carbocycles. The molecule has 0 heterocycles. The molecule has 0 aliphatic carbocycles. The zero-order chi connectivity index (χ0) is 13.0. The van der Waals surface area contributed by atoms with Gasteiger partial charge in [0.25, 0.3) is 12.1 Å². The molecule has 0 saturated heterocycles. The summed E-state index contributed by atoms with van der Waals surface area (Å²) in [5.41, 5.74) is -0.657. The lowest BCUT2D eigenvalue weighted by Crippen LogP contribution is -2.05. The van der Waals surface area contributed by atoms with Gasteiger partial charge in [-0.05, 0) is 11.6 Å². The van der Waals surface area contributed by atoms with Gasteiger partial charge in [0.1, 0.15) is 5.78 Å². The summed E-state index contributed by atoms with van der Waals surface area (Å²) in [5, 5.41) is 10.6. The summed E-state index contributed by atoms with van der Waals surface area (Å²) in [6.07, 6.45) is -2.90. The van der Waals surface area contributed by atoms with Crippen molar-refractivity contribution in [2.24, 2.45) is 0 Å². The lowest BCUT2D eigenvalue weighted by Gasteiger charge is -2.04. The second-order valence-corrected chi connectivity index (χ2v) is 3.90. The molecule has 0 bridgehead atoms. The molecule has 0 radical (unpaired) electrons. The highest BCUT2D eigenvalue weighted by molar-refractivity contribution is 9.09. The number of ketones is 1. The highest BCUT2D eigenvalue weighted by atomic mass is 79.9. The fourth-order valence-electron chi connectivity index (χ4n) is 1.31. The quantitative estimate of drug-likeness (QED) is 0.477. The van der Waals surface area contributed by atoms with Gasteiger partial charge < -0.3 is 0 Å². The highest BCUT2D eigenvalue weighted by Crippen LogP contribution is 2.25. The first-order valence-electron chi connectivity index (χ1n) is 4.58. The number of carbonyl (C=O) groups is 1. The first kappa shape index (κ1) is 13.7. The van der Waals surface area contributed by atoms with Gasteiger partial charge in [0.05, 0.1) is 10.3 Å². The Balaban J connectivity index is 3.12. The number of rotatable bonds is 5. The smallest absolute Gasteiger partial charge is 0.270 e. The van der Waals surface area contributed by atoms with E-state index in [2.05, 4.69) is 15.9 Å². The third-order valence-corrected chi connectivity index (χ3v) is 2.64. The minimum absolute atomic E-state index is 0.0830. The molecule has 0 N–H and O–H groups in total. The number of benzene rings is 1. The van der Waals surface area contributed by atoms with Crippen molar-refractivity contribution in [1.82, 2.24) is 0 Å². The van der Waals surface area contributed by atoms with E-state index in [1.807, 2.05) is 0 Å². The van der Waals surface area contributed by atoms with Gasteiger partial charge in [0.15, 0.2) is 0 Å². The fourth-order valence-corrected chi connectivity index (χ4v) is 1.51. The summed E-state index contributed by atoms with van der Waals surface area (Å²) >= 11 is 2.94. The van der Waals surface area contributed by atoms with E-state index < -0.39 is 22.6 Å². The fraction of sp³-hybridized carbons (Fsp3) is 0.300. The Hall–Kier alpha value is -1.37. The van der Waals surface area contributed by atoms with E-state index in [4.69, 9.17) is 0 Å². The zero-order valence-corrected chi connectivity index (χ0v) is 10.1. The minimum Gasteiger partial charge on any atom is -0.298 e. The Bertz CT molecular complexity index is 451. The van der Waals surface area contributed by atoms with Crippen LogP contribution in [0.5, 0.6) is 0 Å². The molecular formula is C10H8BrF2NO3. The van der Waals surface area contributed by atoms with Crippen LogP contribution in [0.2, 0.25) is 0 Å². The van der Waals surface area contributed by atoms with Gasteiger partial charge in [-0.3, -0.25) is 14.9 Å². The number of carbonyl (C=O) groups excluding carboxylic acids is 1. The summed E-state index contributed by atoms with van der Waals surface area (Å²) in [6.45, 7) is 0. The second kappa shape index (κ2) is 5.81. The zero-order valence-electron chi connectivity index (χ0n) is 8.53. The third-order valence-electron chi connectivity index (χ3n) is 2.01. The van der Waals surface area contributed by atoms with Crippen LogP contribution in [0.1, 0.15) is 17.6 Å². The molecule has 1 aromatic carbocycles. The van der Waals surface area contributed by atoms with Gasteiger partial charge in [-0.25, -0.2) is 8.78 Å². The molecule has 0 spiro atoms. The monoisotopic (exact) mass is 307 g/mol. The van der Waals surface area contributed by atoms with Gasteiger partial charge >= 0.3 is 0 Å². The van der Waals surface area contributed by atoms with Crippen LogP contribution in [0, 0.1) is 10.1 Å². The van der Waals surface area contributed by atoms with Crippen molar-refractivity contribution in [3.8, 4) is 0 Å². The molecule has 0 unspecified atom stereocenters. The van der Waals surface area contributed by atoms with Crippen molar-refractivity contribution in [2.75, 3.05) is 5.33 Å². The van der Waals surface area contributed by atoms with Crippen LogP contribution in [0.15, 0.2) is 18.2 Å². The molecular weight excluding hydrogens is 300 g/mol. The van der Waals surface area contributed by atoms with E-state index in [0.717, 1.165) is 18.2 Å². The van der Waals surface area contributed by atoms with Crippen molar-refractivity contribution in [2.45, 2.75) is 12.8 Å². The molecule has 0 aliphatic heterocycles. The first-order chi connectivity index (χ1) is 7.93. The summed E-state index contributed by atoms with van der Waals surface area (Å²) in [4.78, 5) is 20.9. The van der Waals surface area contributed by atoms with E-state index in [1.165, 1.54) is 0 Å². The molecule has 0 amide bonds. The lowest BCUT2D eigenvalue weighted by atomic mass is 10.1. The normalized spacial score (nSPS) is 10.6. The molecule has 0 aliphatic rings. The number of halogens is 3. The topological polar surface area (TPSA) is 60.2 Å². The molecule has 4 nitrogen and oxygen atoms in total. The number of nitro groups is 1. The predicted molar refractivity (Wildman–Crippen MR) is 60.6 cm³/mol. The molecule has 7 heteroatoms. The first-order valence-corrected chi connectivity index (χ1v) is 5.70. The van der Waals surface area contributed by atoms with E-state index in [1.54, 1.807) is 0 Å². The van der Waals surface area contributed by atoms with Gasteiger partial charge in [-0.15, -0.1) is 0 Å². The number of non-ortho nitro benzene ring substituents is 1. The summed E-state index contributed by atoms with van der Waals surface area (Å²) in [6, 6.07) is 3.05. The van der Waals surface area contributed by atoms with Crippen LogP contribution < -0.4 is 0 Å². The van der Waals surface area contributed by atoms with E-state index in [0.29, 0.717) is 0 Å². The molecule has 0 aromatic heterocycles. The molecule has 1 aromatic rings. The summed E-state index contributed by atoms with van der Waals surface area (Å²) in [5.74, 6) is -0.231. The summed E-state index contributed by atoms with van der Waals surface area (Å²) < 4.78 is 25.0. The number of alkyl halides is 3. The SMILES string of the molecule is O=C(CBr)Cc1cc(C(F)F)cc([N+](=O)[O-])c1. The molecule has 17 heavy (non-hydrogen) atoms. The predicted octanol–water partition coefficient (Wildman–Crippen LogP) is 3.04. The van der Waals surface area contributed by atoms with Crippen LogP contribution in [0.3, 0.4) is 0 Å². The molecule has 92 valence electrons. The highest BCUT2D eigenvalue weighted by Gasteiger charge is 2.16. The average Bonchev–Trinajstić information content (AvgIpc) is 2.28. The van der Waals surface area contributed by atoms with Crippen molar-refractivity contribution >= 4 is 27.4 Å². The van der Waals surface area contributed by atoms with Crippen LogP contribution in [-0.4, -0.2) is 16.0 Å². The number of nitrogens with zero attached hydrogens (tertiary/aromatic N) is 1. The Kier molecular flexibility index (Phi) is 4.68. The maximum Gasteiger partial charge on any atom is 0.270 e. The Morgan fingerprint density at radius 1 is 1.41 bits per heavy atom. The maximum absolute atomic E-state index is 12.5. The van der Waals surface area contributed by atoms with E-state index in [-0.39, 0.29) is 23.1 Å². The van der Waals surface area contributed by atoms with Crippen molar-refractivity contribution in [1.29, 1.82) is 0 Å². The van der Waals surface area contributed by atoms with E-state index >= 15 is 0 Å². The number of nitro benzene ring substituents is 1. The van der Waals surface area contributed by atoms with Crippen LogP contribution in [0.4, 0.5) is 14.5 Å². The molecule has 0 atom stereocenters. The van der Waals surface area contributed by atoms with Crippen molar-refractivity contribution in [3.63, 3.8) is 0 Å². The van der Waals surface area contributed by atoms with Crippen LogP contribution in [-0.2, 0) is 11.2 Å². The van der Waals surface area contributed by atoms with Gasteiger partial charge in [-0.1, -0.05) is 15.9 Å². The standard InChI is InChI=1S/C10H8BrF2NO3/c11-5-9(15)3-6-1-7(10(12)13)4-8(2-6)14(16)17/h1-2,4,10H,3,5H2. The van der Waals surface area contributed by atoms with Gasteiger partial charge in [-0.2, -0.15) is 0 Å². The number of hydrogen-bond donors (Lipinski definition) is 0. The number of hydrogen-bond acceptors (Lipinski definition) is 3. The second-order valence-electron chi connectivity index (χ2n) is 3.34. The van der Waals surface area contributed by atoms with E-state index in [9.17, 15) is 23.7 Å². The lowest BCUT2D eigenvalue weighted by molar-refractivity contribution is -0.385. The largest absolute Gasteiger partial charge is 0.298 e. The van der Waals surface area contributed by atoms with Gasteiger partial charge in [0, 0.05) is 24.1 Å². The Morgan fingerprint density at radius 2 is 2.06 bits per heavy atom. The Morgan fingerprint density at radius 3 is 2.53 bits per heavy atom. The minimum atomic E-state index is -2.80. The van der Waals surface area contributed by atoms with Crippen molar-refractivity contribution < 1.29 is 18.5 Å². The molecule has 1 rings (SSSR count). The van der Waals surface area contributed by atoms with Crippen molar-refractivity contribution in [3.05, 3.63) is 39.4 Å². The third kappa shape index (κ3) is 3.85. The Labute approximate surface area is 104 Å². The van der Waals surface area contributed by atoms with Crippen LogP contribution >= 0.6 is 15.9 Å². The van der Waals surface area contributed by atoms with Crippen LogP contribution in [0.25, 0.3) is 0 Å². The summed E-state index contributed by atoms with van der Waals surface area (Å²) in [7, 11) is 0. The maximum atomic E-state index is 12.5. The van der Waals surface area contributed by atoms with Gasteiger partial charge in [0.2, 0.25) is 0 Å². The molecule has 0 fully saturated rings. The number of Topliss-reactive ketones (excluding diaryl/α,β-unsaturated/α-hetero) is 1.